The van der Waals surface area contributed by atoms with Crippen LogP contribution in [-0.2, 0) is 9.53 Å². The van der Waals surface area contributed by atoms with E-state index in [1.54, 1.807) is 16.7 Å². The number of hydrogen-bond acceptors (Lipinski definition) is 5. The van der Waals surface area contributed by atoms with Crippen LogP contribution < -0.4 is 20.7 Å². The predicted octanol–water partition coefficient (Wildman–Crippen LogP) is 4.75. The fraction of sp³-hybridized carbons (Fsp3) is 0.538. The molecule has 1 aromatic rings. The molecule has 1 aromatic carbocycles. The van der Waals surface area contributed by atoms with Crippen molar-refractivity contribution in [2.45, 2.75) is 71.9 Å². The van der Waals surface area contributed by atoms with Crippen LogP contribution in [0.2, 0.25) is 0 Å². The van der Waals surface area contributed by atoms with Crippen LogP contribution in [0, 0.1) is 5.92 Å². The molecule has 4 rings (SSSR count). The number of hydrogen-bond donors (Lipinski definition) is 2. The van der Waals surface area contributed by atoms with E-state index in [4.69, 9.17) is 4.74 Å². The van der Waals surface area contributed by atoms with Crippen molar-refractivity contribution in [3.63, 3.8) is 0 Å². The van der Waals surface area contributed by atoms with E-state index in [0.717, 1.165) is 54.2 Å². The number of anilines is 2. The second kappa shape index (κ2) is 10.00. The summed E-state index contributed by atoms with van der Waals surface area (Å²) in [5.74, 6) is 0.750. The van der Waals surface area contributed by atoms with Gasteiger partial charge in [0.05, 0.1) is 23.5 Å². The molecule has 2 amide bonds. The smallest absolute Gasteiger partial charge is 0.414 e. The number of ether oxygens (including phenoxy) is 1. The first kappa shape index (κ1) is 23.4. The average Bonchev–Trinajstić information content (AvgIpc) is 3.59. The van der Waals surface area contributed by atoms with Crippen LogP contribution >= 0.6 is 0 Å². The standard InChI is InChI=1S/C26H36N4O3/c1-17(2)33-26(32)29-16-18(3)30(19(4)31)24-13-12-21(14-25(24)29)22-8-6-5-7-9-23(22)28-27-15-20-10-11-20/h6,8,12-14,17-18,20,27-28H,5,7,9-11,15-16H2,1-4H3/t18-/m0/s1. The summed E-state index contributed by atoms with van der Waals surface area (Å²) in [6.45, 7) is 8.59. The van der Waals surface area contributed by atoms with E-state index in [1.807, 2.05) is 39.0 Å². The van der Waals surface area contributed by atoms with Crippen LogP contribution in [0.1, 0.15) is 65.4 Å². The van der Waals surface area contributed by atoms with Gasteiger partial charge < -0.3 is 15.1 Å². The number of hydrazine groups is 1. The summed E-state index contributed by atoms with van der Waals surface area (Å²) in [6.07, 6.45) is 9.45. The molecular formula is C26H36N4O3. The zero-order valence-corrected chi connectivity index (χ0v) is 20.2. The Morgan fingerprint density at radius 3 is 2.70 bits per heavy atom. The number of nitrogens with one attached hydrogen (secondary N) is 2. The van der Waals surface area contributed by atoms with Crippen LogP contribution in [0.5, 0.6) is 0 Å². The minimum absolute atomic E-state index is 0.0337. The Bertz CT molecular complexity index is 964. The molecule has 0 radical (unpaired) electrons. The largest absolute Gasteiger partial charge is 0.446 e. The van der Waals surface area contributed by atoms with Gasteiger partial charge in [0.2, 0.25) is 5.91 Å². The molecule has 1 heterocycles. The van der Waals surface area contributed by atoms with Gasteiger partial charge in [0.1, 0.15) is 0 Å². The third-order valence-electron chi connectivity index (χ3n) is 6.35. The fourth-order valence-electron chi connectivity index (χ4n) is 4.57. The lowest BCUT2D eigenvalue weighted by molar-refractivity contribution is -0.117. The normalized spacial score (nSPS) is 20.6. The summed E-state index contributed by atoms with van der Waals surface area (Å²) in [7, 11) is 0. The lowest BCUT2D eigenvalue weighted by Gasteiger charge is -2.40. The molecule has 0 spiro atoms. The third-order valence-corrected chi connectivity index (χ3v) is 6.35. The highest BCUT2D eigenvalue weighted by Gasteiger charge is 2.35. The van der Waals surface area contributed by atoms with Crippen molar-refractivity contribution in [1.29, 1.82) is 0 Å². The molecule has 1 fully saturated rings. The Labute approximate surface area is 196 Å². The van der Waals surface area contributed by atoms with Crippen LogP contribution in [-0.4, -0.2) is 37.2 Å². The van der Waals surface area contributed by atoms with E-state index < -0.39 is 0 Å². The number of nitrogens with zero attached hydrogens (tertiary/aromatic N) is 2. The lowest BCUT2D eigenvalue weighted by atomic mass is 9.98. The fourth-order valence-corrected chi connectivity index (χ4v) is 4.57. The van der Waals surface area contributed by atoms with Crippen molar-refractivity contribution in [2.75, 3.05) is 22.9 Å². The highest BCUT2D eigenvalue weighted by Crippen LogP contribution is 2.39. The number of fused-ring (bicyclic) bond motifs is 1. The zero-order valence-electron chi connectivity index (χ0n) is 20.2. The van der Waals surface area contributed by atoms with Crippen LogP contribution in [0.15, 0.2) is 36.0 Å². The monoisotopic (exact) mass is 452 g/mol. The second-order valence-electron chi connectivity index (χ2n) is 9.62. The Balaban J connectivity index is 1.72. The summed E-state index contributed by atoms with van der Waals surface area (Å²) in [5.41, 5.74) is 11.6. The maximum absolute atomic E-state index is 13.0. The second-order valence-corrected chi connectivity index (χ2v) is 9.62. The average molecular weight is 453 g/mol. The molecule has 7 nitrogen and oxygen atoms in total. The highest BCUT2D eigenvalue weighted by molar-refractivity contribution is 6.03. The molecule has 2 aliphatic carbocycles. The molecule has 7 heteroatoms. The number of benzene rings is 1. The minimum Gasteiger partial charge on any atom is -0.446 e. The first-order valence-electron chi connectivity index (χ1n) is 12.2. The number of carbonyl (C=O) groups excluding carboxylic acids is 2. The first-order chi connectivity index (χ1) is 15.8. The zero-order chi connectivity index (χ0) is 23.5. The van der Waals surface area contributed by atoms with E-state index in [-0.39, 0.29) is 24.1 Å². The molecule has 178 valence electrons. The van der Waals surface area contributed by atoms with Gasteiger partial charge in [-0.3, -0.25) is 9.69 Å². The van der Waals surface area contributed by atoms with E-state index in [1.165, 1.54) is 12.8 Å². The van der Waals surface area contributed by atoms with Gasteiger partial charge in [0.15, 0.2) is 0 Å². The Hall–Kier alpha value is -2.80. The molecule has 2 N–H and O–H groups in total. The van der Waals surface area contributed by atoms with E-state index >= 15 is 0 Å². The minimum atomic E-state index is -0.381. The molecule has 33 heavy (non-hydrogen) atoms. The van der Waals surface area contributed by atoms with Crippen LogP contribution in [0.3, 0.4) is 0 Å². The first-order valence-corrected chi connectivity index (χ1v) is 12.2. The Morgan fingerprint density at radius 1 is 1.21 bits per heavy atom. The number of allylic oxidation sites excluding steroid dienone is 4. The van der Waals surface area contributed by atoms with Crippen molar-refractivity contribution >= 4 is 28.9 Å². The van der Waals surface area contributed by atoms with Crippen molar-refractivity contribution < 1.29 is 14.3 Å². The van der Waals surface area contributed by atoms with E-state index in [2.05, 4.69) is 23.0 Å². The van der Waals surface area contributed by atoms with Crippen molar-refractivity contribution in [1.82, 2.24) is 10.9 Å². The van der Waals surface area contributed by atoms with E-state index in [9.17, 15) is 9.59 Å². The van der Waals surface area contributed by atoms with Gasteiger partial charge in [-0.2, -0.15) is 0 Å². The Morgan fingerprint density at radius 2 is 2.00 bits per heavy atom. The van der Waals surface area contributed by atoms with Gasteiger partial charge in [0.25, 0.3) is 0 Å². The summed E-state index contributed by atoms with van der Waals surface area (Å²) in [4.78, 5) is 28.8. The highest BCUT2D eigenvalue weighted by atomic mass is 16.6. The molecule has 1 atom stereocenters. The maximum Gasteiger partial charge on any atom is 0.414 e. The number of rotatable bonds is 6. The third kappa shape index (κ3) is 5.41. The quantitative estimate of drug-likeness (QED) is 0.610. The van der Waals surface area contributed by atoms with Crippen LogP contribution in [0.4, 0.5) is 16.2 Å². The topological polar surface area (TPSA) is 73.9 Å². The molecule has 1 aliphatic heterocycles. The van der Waals surface area contributed by atoms with Crippen molar-refractivity contribution in [2.24, 2.45) is 5.92 Å². The van der Waals surface area contributed by atoms with Gasteiger partial charge in [0, 0.05) is 31.3 Å². The molecule has 3 aliphatic rings. The molecule has 1 saturated carbocycles. The number of carbonyl (C=O) groups is 2. The molecule has 0 unspecified atom stereocenters. The summed E-state index contributed by atoms with van der Waals surface area (Å²) in [5, 5.41) is 0. The van der Waals surface area contributed by atoms with Crippen molar-refractivity contribution in [3.05, 3.63) is 41.6 Å². The molecule has 0 saturated heterocycles. The molecule has 0 bridgehead atoms. The maximum atomic E-state index is 13.0. The summed E-state index contributed by atoms with van der Waals surface area (Å²) < 4.78 is 5.53. The van der Waals surface area contributed by atoms with Gasteiger partial charge in [-0.05, 0) is 76.5 Å². The molecular weight excluding hydrogens is 416 g/mol. The number of amides is 2. The van der Waals surface area contributed by atoms with Gasteiger partial charge >= 0.3 is 6.09 Å². The predicted molar refractivity (Wildman–Crippen MR) is 132 cm³/mol. The van der Waals surface area contributed by atoms with E-state index in [0.29, 0.717) is 12.2 Å². The van der Waals surface area contributed by atoms with Gasteiger partial charge in [-0.15, -0.1) is 0 Å². The van der Waals surface area contributed by atoms with Crippen molar-refractivity contribution in [3.8, 4) is 0 Å². The van der Waals surface area contributed by atoms with Gasteiger partial charge in [-0.25, -0.2) is 10.2 Å². The Kier molecular flexibility index (Phi) is 7.08. The summed E-state index contributed by atoms with van der Waals surface area (Å²) >= 11 is 0. The SMILES string of the molecule is CC(=O)N1c2ccc(C3=C(NNCC4CC4)CCCC=C3)cc2N(C(=O)OC(C)C)C[C@@H]1C. The lowest BCUT2D eigenvalue weighted by Crippen LogP contribution is -2.51. The summed E-state index contributed by atoms with van der Waals surface area (Å²) in [6, 6.07) is 5.89. The van der Waals surface area contributed by atoms with Gasteiger partial charge in [-0.1, -0.05) is 18.2 Å². The van der Waals surface area contributed by atoms with Crippen LogP contribution in [0.25, 0.3) is 5.57 Å². The molecule has 0 aromatic heterocycles.